The molecule has 0 spiro atoms. The van der Waals surface area contributed by atoms with Crippen LogP contribution in [0.1, 0.15) is 106 Å². The summed E-state index contributed by atoms with van der Waals surface area (Å²) in [6, 6.07) is 9.16. The Hall–Kier alpha value is -3.69. The molecule has 13 N–H and O–H groups in total. The van der Waals surface area contributed by atoms with Crippen molar-refractivity contribution in [3.8, 4) is 0 Å². The highest BCUT2D eigenvalue weighted by molar-refractivity contribution is 5.87. The summed E-state index contributed by atoms with van der Waals surface area (Å²) in [4.78, 5) is 40.0. The van der Waals surface area contributed by atoms with Gasteiger partial charge in [0.05, 0.1) is 44.1 Å². The van der Waals surface area contributed by atoms with Crippen molar-refractivity contribution in [3.63, 3.8) is 0 Å². The normalized spacial score (nSPS) is 48.6. The van der Waals surface area contributed by atoms with Gasteiger partial charge in [0.2, 0.25) is 0 Å². The molecular formula is C63H92O26. The minimum absolute atomic E-state index is 0.0239. The molecule has 26 nitrogen and oxygen atoms in total. The van der Waals surface area contributed by atoms with Crippen LogP contribution < -0.4 is 0 Å². The zero-order valence-corrected chi connectivity index (χ0v) is 51.5. The van der Waals surface area contributed by atoms with Gasteiger partial charge in [-0.2, -0.15) is 0 Å². The topological polar surface area (TPSA) is 407 Å². The molecule has 0 bridgehead atoms. The standard InChI is InChI=1S/C63H92O26/c1-28(66)82-51-52(85-39(70)17-14-29-12-10-9-11-13-29)63(27-65)31(22-58(51,2)3)30-15-16-36-60(6)20-19-38(59(4,5)35(60)18-21-61(36,7)62(30,8)23-37(63)69)84-57-50(89-55-45(76)43(74)42(73)34(24-64)83-55)47(46(77)48(87-57)53(78)79)86-56-49(41(72)33(68)26-81-56)88-54-44(75)40(71)32(67)25-80-54/h9-15,17,31-38,40-52,54-57,64-65,67-69,71-77H,16,18-27H2,1-8H3,(H,78,79)/b17-14+/t31?,32-,33+,34+,35?,36?,37-,38+,40+,41+,42-,43+,44-,45-,46+,47+,48+,49-,50-,51+,52+,54+,55-,56+,57-,60+,61-,62-,63+/m1/s1. The number of hydrogen-bond acceptors (Lipinski definition) is 25. The molecule has 5 aliphatic carbocycles. The molecule has 10 rings (SSSR count). The first kappa shape index (κ1) is 68.2. The molecule has 4 saturated heterocycles. The van der Waals surface area contributed by atoms with Crippen molar-refractivity contribution in [1.82, 2.24) is 0 Å². The number of aliphatic hydroxyl groups excluding tert-OH is 12. The van der Waals surface area contributed by atoms with Crippen molar-refractivity contribution >= 4 is 24.0 Å². The van der Waals surface area contributed by atoms with Crippen LogP contribution in [0.2, 0.25) is 0 Å². The maximum atomic E-state index is 13.9. The summed E-state index contributed by atoms with van der Waals surface area (Å²) in [5.74, 6) is -3.70. The van der Waals surface area contributed by atoms with E-state index in [0.717, 1.165) is 11.1 Å². The van der Waals surface area contributed by atoms with Crippen molar-refractivity contribution in [2.45, 2.75) is 235 Å². The fourth-order valence-electron chi connectivity index (χ4n) is 17.7. The Morgan fingerprint density at radius 2 is 1.28 bits per heavy atom. The molecule has 4 saturated carbocycles. The Balaban J connectivity index is 0.958. The highest BCUT2D eigenvalue weighted by atomic mass is 16.8. The van der Waals surface area contributed by atoms with Crippen LogP contribution in [-0.4, -0.2) is 246 Å². The van der Waals surface area contributed by atoms with E-state index < -0.39 is 218 Å². The number of carboxylic acids is 1. The summed E-state index contributed by atoms with van der Waals surface area (Å²) in [7, 11) is 0. The molecule has 0 amide bonds. The average molecular weight is 1270 g/mol. The number of ether oxygens (including phenoxy) is 10. The largest absolute Gasteiger partial charge is 0.479 e. The number of aliphatic carboxylic acids is 1. The van der Waals surface area contributed by atoms with Gasteiger partial charge in [-0.05, 0) is 96.0 Å². The Bertz CT molecular complexity index is 2750. The number of carbonyl (C=O) groups is 3. The van der Waals surface area contributed by atoms with Crippen LogP contribution in [0.4, 0.5) is 0 Å². The van der Waals surface area contributed by atoms with Crippen molar-refractivity contribution in [1.29, 1.82) is 0 Å². The van der Waals surface area contributed by atoms with Crippen LogP contribution in [0.3, 0.4) is 0 Å². The molecule has 3 unspecified atom stereocenters. The van der Waals surface area contributed by atoms with E-state index in [-0.39, 0.29) is 18.3 Å². The third-order valence-electron chi connectivity index (χ3n) is 22.7. The fraction of sp³-hybridized carbons (Fsp3) is 0.794. The van der Waals surface area contributed by atoms with Crippen LogP contribution in [0.15, 0.2) is 48.1 Å². The molecule has 29 atom stereocenters. The first-order chi connectivity index (χ1) is 41.8. The molecule has 4 aliphatic heterocycles. The molecule has 0 radical (unpaired) electrons. The third kappa shape index (κ3) is 11.8. The van der Waals surface area contributed by atoms with E-state index in [4.69, 9.17) is 47.4 Å². The number of carbonyl (C=O) groups excluding carboxylic acids is 2. The van der Waals surface area contributed by atoms with Gasteiger partial charge in [0, 0.05) is 18.4 Å². The van der Waals surface area contributed by atoms with Gasteiger partial charge < -0.3 is 114 Å². The smallest absolute Gasteiger partial charge is 0.335 e. The lowest BCUT2D eigenvalue weighted by Crippen LogP contribution is -2.72. The summed E-state index contributed by atoms with van der Waals surface area (Å²) < 4.78 is 61.1. The number of esters is 2. The molecule has 1 aromatic rings. The summed E-state index contributed by atoms with van der Waals surface area (Å²) in [5, 5.41) is 144. The van der Waals surface area contributed by atoms with Crippen molar-refractivity contribution in [2.24, 2.45) is 50.2 Å². The van der Waals surface area contributed by atoms with Gasteiger partial charge in [-0.1, -0.05) is 90.4 Å². The van der Waals surface area contributed by atoms with E-state index in [0.29, 0.717) is 38.5 Å². The van der Waals surface area contributed by atoms with E-state index in [1.807, 2.05) is 58.0 Å². The molecule has 500 valence electrons. The SMILES string of the molecule is CC(=O)O[C@H]1[C@H](OC(=O)/C=C/c2ccccc2)[C@@]2(CO)C(CC1(C)C)C1=CCC3[C@@]4(C)CC[C@H](O[C@@H]5O[C@H](C(=O)O)[C@@H](O)[C@H](O[C@@H]6OC[C@H](O)[C@H](O)[C@H]6O[C@@H]6OC[C@@H](O)[C@H](O)[C@H]6O)[C@H]5O[C@H]5O[C@@H](CO)[C@@H](O)[C@H](O)[C@H]5O)C(C)(C)C4CC[C@@]3(C)[C@]1(C)C[C@H]2O. The molecule has 4 heterocycles. The highest BCUT2D eigenvalue weighted by Crippen LogP contribution is 2.76. The first-order valence-electron chi connectivity index (χ1n) is 31.0. The minimum Gasteiger partial charge on any atom is -0.479 e. The number of benzene rings is 1. The number of aliphatic hydroxyl groups is 12. The zero-order chi connectivity index (χ0) is 64.8. The Morgan fingerprint density at radius 3 is 1.93 bits per heavy atom. The van der Waals surface area contributed by atoms with Crippen molar-refractivity contribution in [3.05, 3.63) is 53.6 Å². The highest BCUT2D eigenvalue weighted by Gasteiger charge is 2.74. The average Bonchev–Trinajstić information content (AvgIpc) is 0.675. The van der Waals surface area contributed by atoms with Gasteiger partial charge in [-0.15, -0.1) is 0 Å². The lowest BCUT2D eigenvalue weighted by Gasteiger charge is -2.72. The number of allylic oxidation sites excluding steroid dienone is 2. The molecule has 26 heteroatoms. The van der Waals surface area contributed by atoms with Gasteiger partial charge in [0.25, 0.3) is 0 Å². The van der Waals surface area contributed by atoms with E-state index in [1.54, 1.807) is 6.08 Å². The van der Waals surface area contributed by atoms with Crippen LogP contribution in [-0.2, 0) is 61.8 Å². The molecule has 0 aromatic heterocycles. The lowest BCUT2D eigenvalue weighted by atomic mass is 9.33. The zero-order valence-electron chi connectivity index (χ0n) is 51.5. The number of hydrogen-bond donors (Lipinski definition) is 13. The predicted octanol–water partition coefficient (Wildman–Crippen LogP) is -0.444. The Kier molecular flexibility index (Phi) is 19.6. The van der Waals surface area contributed by atoms with Crippen LogP contribution in [0.25, 0.3) is 6.08 Å². The van der Waals surface area contributed by atoms with E-state index in [9.17, 15) is 80.8 Å². The van der Waals surface area contributed by atoms with E-state index in [2.05, 4.69) is 26.8 Å². The first-order valence-corrected chi connectivity index (χ1v) is 31.0. The second-order valence-electron chi connectivity index (χ2n) is 28.4. The molecule has 8 fully saturated rings. The summed E-state index contributed by atoms with van der Waals surface area (Å²) >= 11 is 0. The third-order valence-corrected chi connectivity index (χ3v) is 22.7. The second-order valence-corrected chi connectivity index (χ2v) is 28.4. The molecule has 9 aliphatic rings. The number of rotatable bonds is 15. The minimum atomic E-state index is -2.22. The van der Waals surface area contributed by atoms with Gasteiger partial charge in [-0.25, -0.2) is 9.59 Å². The lowest BCUT2D eigenvalue weighted by molar-refractivity contribution is -0.399. The van der Waals surface area contributed by atoms with Crippen LogP contribution in [0.5, 0.6) is 0 Å². The Labute approximate surface area is 516 Å². The molecule has 89 heavy (non-hydrogen) atoms. The van der Waals surface area contributed by atoms with Gasteiger partial charge in [0.15, 0.2) is 37.4 Å². The molecule has 1 aromatic carbocycles. The second kappa shape index (κ2) is 25.6. The number of fused-ring (bicyclic) bond motifs is 7. The van der Waals surface area contributed by atoms with Gasteiger partial charge in [-0.3, -0.25) is 4.79 Å². The summed E-state index contributed by atoms with van der Waals surface area (Å²) in [6.07, 6.45) is -29.6. The van der Waals surface area contributed by atoms with Gasteiger partial charge in [0.1, 0.15) is 85.5 Å². The predicted molar refractivity (Wildman–Crippen MR) is 304 cm³/mol. The maximum absolute atomic E-state index is 13.9. The van der Waals surface area contributed by atoms with E-state index >= 15 is 0 Å². The van der Waals surface area contributed by atoms with Crippen LogP contribution in [0, 0.1) is 50.2 Å². The fourth-order valence-corrected chi connectivity index (χ4v) is 17.7. The maximum Gasteiger partial charge on any atom is 0.335 e. The van der Waals surface area contributed by atoms with E-state index in [1.165, 1.54) is 13.0 Å². The number of carboxylic acid groups (broad SMARTS) is 1. The quantitative estimate of drug-likeness (QED) is 0.0458. The summed E-state index contributed by atoms with van der Waals surface area (Å²) in [5.41, 5.74) is -2.92. The summed E-state index contributed by atoms with van der Waals surface area (Å²) in [6.45, 7) is 13.3. The Morgan fingerprint density at radius 1 is 0.640 bits per heavy atom. The molecular weight excluding hydrogens is 1170 g/mol. The van der Waals surface area contributed by atoms with Gasteiger partial charge >= 0.3 is 17.9 Å². The van der Waals surface area contributed by atoms with Crippen molar-refractivity contribution < 1.29 is 128 Å². The van der Waals surface area contributed by atoms with Crippen molar-refractivity contribution in [2.75, 3.05) is 26.4 Å². The monoisotopic (exact) mass is 1260 g/mol. The van der Waals surface area contributed by atoms with Crippen LogP contribution >= 0.6 is 0 Å².